The largest absolute Gasteiger partial charge is 0.477 e. The van der Waals surface area contributed by atoms with Crippen LogP contribution in [0.3, 0.4) is 0 Å². The van der Waals surface area contributed by atoms with Crippen LogP contribution in [-0.4, -0.2) is 47.1 Å². The highest BCUT2D eigenvalue weighted by Crippen LogP contribution is 2.29. The number of aryl methyl sites for hydroxylation is 2. The third-order valence-corrected chi connectivity index (χ3v) is 6.43. The van der Waals surface area contributed by atoms with Gasteiger partial charge in [0.15, 0.2) is 5.03 Å². The van der Waals surface area contributed by atoms with Gasteiger partial charge in [-0.1, -0.05) is 45.0 Å². The molecule has 0 amide bonds. The van der Waals surface area contributed by atoms with Gasteiger partial charge in [0, 0.05) is 17.7 Å². The van der Waals surface area contributed by atoms with Gasteiger partial charge in [0.25, 0.3) is 10.0 Å². The molecule has 11 heteroatoms. The summed E-state index contributed by atoms with van der Waals surface area (Å²) < 4.78 is 34.1. The van der Waals surface area contributed by atoms with Crippen LogP contribution in [0.15, 0.2) is 47.5 Å². The summed E-state index contributed by atoms with van der Waals surface area (Å²) in [6.45, 7) is 10.3. The molecule has 0 aliphatic heterocycles. The van der Waals surface area contributed by atoms with Crippen LogP contribution in [0.25, 0.3) is 11.3 Å². The zero-order chi connectivity index (χ0) is 26.7. The Bertz CT molecular complexity index is 1350. The first-order valence-electron chi connectivity index (χ1n) is 11.3. The monoisotopic (exact) mass is 513 g/mol. The lowest BCUT2D eigenvalue weighted by Crippen LogP contribution is -2.32. The summed E-state index contributed by atoms with van der Waals surface area (Å²) >= 11 is 0. The second-order valence-electron chi connectivity index (χ2n) is 9.79. The van der Waals surface area contributed by atoms with E-state index in [4.69, 9.17) is 15.6 Å². The molecule has 1 unspecified atom stereocenters. The standard InChI is InChI=1S/C25H31N5O5S/c1-15-8-6-9-16(2)22(15)19-12-20(35-14-17(26)13-25(3,4)5)29-24(28-19)30-36(33,34)21-11-7-10-18(27-21)23(31)32/h6-12,17H,13-14,26H2,1-5H3,(H,31,32)(H,28,29,30). The number of rotatable bonds is 9. The van der Waals surface area contributed by atoms with Crippen molar-refractivity contribution in [2.45, 2.75) is 52.1 Å². The normalized spacial score (nSPS) is 12.7. The molecule has 0 saturated carbocycles. The van der Waals surface area contributed by atoms with Crippen molar-refractivity contribution >= 4 is 21.9 Å². The van der Waals surface area contributed by atoms with E-state index in [1.807, 2.05) is 32.0 Å². The van der Waals surface area contributed by atoms with E-state index in [1.54, 1.807) is 6.07 Å². The van der Waals surface area contributed by atoms with Gasteiger partial charge in [0.2, 0.25) is 11.8 Å². The number of benzene rings is 1. The molecule has 3 aromatic rings. The SMILES string of the molecule is Cc1cccc(C)c1-c1cc(OCC(N)CC(C)(C)C)nc(NS(=O)(=O)c2cccc(C(=O)O)n2)n1. The highest BCUT2D eigenvalue weighted by atomic mass is 32.2. The Morgan fingerprint density at radius 1 is 1.08 bits per heavy atom. The fraction of sp³-hybridized carbons (Fsp3) is 0.360. The lowest BCUT2D eigenvalue weighted by atomic mass is 9.89. The van der Waals surface area contributed by atoms with Gasteiger partial charge in [0.1, 0.15) is 12.3 Å². The molecule has 1 atom stereocenters. The number of hydrogen-bond donors (Lipinski definition) is 3. The second-order valence-corrected chi connectivity index (χ2v) is 11.4. The molecule has 0 aliphatic carbocycles. The minimum Gasteiger partial charge on any atom is -0.477 e. The minimum absolute atomic E-state index is 0.0101. The number of anilines is 1. The number of nitrogens with zero attached hydrogens (tertiary/aromatic N) is 3. The third kappa shape index (κ3) is 6.98. The minimum atomic E-state index is -4.29. The first kappa shape index (κ1) is 27.0. The number of sulfonamides is 1. The maximum atomic E-state index is 13.0. The molecule has 4 N–H and O–H groups in total. The number of pyridine rings is 1. The molecule has 10 nitrogen and oxygen atoms in total. The Hall–Kier alpha value is -3.57. The molecule has 0 spiro atoms. The molecule has 1 aromatic carbocycles. The molecular formula is C25H31N5O5S. The summed E-state index contributed by atoms with van der Waals surface area (Å²) in [7, 11) is -4.29. The summed E-state index contributed by atoms with van der Waals surface area (Å²) in [5.41, 5.74) is 8.99. The number of hydrogen-bond acceptors (Lipinski definition) is 8. The van der Waals surface area contributed by atoms with Crippen LogP contribution >= 0.6 is 0 Å². The van der Waals surface area contributed by atoms with E-state index in [0.717, 1.165) is 16.7 Å². The van der Waals surface area contributed by atoms with Gasteiger partial charge in [-0.2, -0.15) is 13.4 Å². The molecule has 3 rings (SSSR count). The number of aromatic carboxylic acids is 1. The van der Waals surface area contributed by atoms with Crippen molar-refractivity contribution < 1.29 is 23.1 Å². The lowest BCUT2D eigenvalue weighted by molar-refractivity contribution is 0.0689. The summed E-state index contributed by atoms with van der Waals surface area (Å²) in [4.78, 5) is 23.6. The Kier molecular flexibility index (Phi) is 7.95. The highest BCUT2D eigenvalue weighted by molar-refractivity contribution is 7.92. The molecule has 2 aromatic heterocycles. The van der Waals surface area contributed by atoms with E-state index in [9.17, 15) is 13.2 Å². The van der Waals surface area contributed by atoms with Crippen molar-refractivity contribution in [3.63, 3.8) is 0 Å². The number of nitrogens with two attached hydrogens (primary N) is 1. The average molecular weight is 514 g/mol. The number of ether oxygens (including phenoxy) is 1. The predicted octanol–water partition coefficient (Wildman–Crippen LogP) is 3.80. The topological polar surface area (TPSA) is 157 Å². The predicted molar refractivity (Wildman–Crippen MR) is 136 cm³/mol. The molecule has 0 fully saturated rings. The average Bonchev–Trinajstić information content (AvgIpc) is 2.76. The van der Waals surface area contributed by atoms with Gasteiger partial charge in [-0.05, 0) is 48.9 Å². The van der Waals surface area contributed by atoms with E-state index in [1.165, 1.54) is 18.2 Å². The first-order chi connectivity index (χ1) is 16.7. The molecule has 0 saturated heterocycles. The summed E-state index contributed by atoms with van der Waals surface area (Å²) in [6, 6.07) is 10.8. The number of nitrogens with one attached hydrogen (secondary N) is 1. The van der Waals surface area contributed by atoms with Crippen molar-refractivity contribution in [2.75, 3.05) is 11.3 Å². The Morgan fingerprint density at radius 3 is 2.33 bits per heavy atom. The van der Waals surface area contributed by atoms with E-state index >= 15 is 0 Å². The van der Waals surface area contributed by atoms with Crippen LogP contribution in [0.5, 0.6) is 5.88 Å². The fourth-order valence-electron chi connectivity index (χ4n) is 3.79. The molecule has 36 heavy (non-hydrogen) atoms. The first-order valence-corrected chi connectivity index (χ1v) is 12.8. The number of carbonyl (C=O) groups is 1. The smallest absolute Gasteiger partial charge is 0.354 e. The van der Waals surface area contributed by atoms with Gasteiger partial charge < -0.3 is 15.6 Å². The van der Waals surface area contributed by atoms with E-state index in [-0.39, 0.29) is 29.9 Å². The Labute approximate surface area is 211 Å². The zero-order valence-corrected chi connectivity index (χ0v) is 21.8. The molecular weight excluding hydrogens is 482 g/mol. The van der Waals surface area contributed by atoms with Crippen molar-refractivity contribution in [1.29, 1.82) is 0 Å². The quantitative estimate of drug-likeness (QED) is 0.387. The third-order valence-electron chi connectivity index (χ3n) is 5.20. The second kappa shape index (κ2) is 10.6. The number of carboxylic acids is 1. The number of aromatic nitrogens is 3. The van der Waals surface area contributed by atoms with E-state index in [2.05, 4.69) is 40.4 Å². The molecule has 2 heterocycles. The summed E-state index contributed by atoms with van der Waals surface area (Å²) in [5.74, 6) is -1.43. The van der Waals surface area contributed by atoms with Gasteiger partial charge in [-0.3, -0.25) is 0 Å². The maximum Gasteiger partial charge on any atom is 0.354 e. The highest BCUT2D eigenvalue weighted by Gasteiger charge is 2.22. The Balaban J connectivity index is 2.00. The van der Waals surface area contributed by atoms with Crippen molar-refractivity contribution in [1.82, 2.24) is 15.0 Å². The molecule has 0 aliphatic rings. The summed E-state index contributed by atoms with van der Waals surface area (Å²) in [6.07, 6.45) is 0.715. The summed E-state index contributed by atoms with van der Waals surface area (Å²) in [5, 5.41) is 8.69. The van der Waals surface area contributed by atoms with Crippen LogP contribution in [0.4, 0.5) is 5.95 Å². The van der Waals surface area contributed by atoms with Gasteiger partial charge in [-0.15, -0.1) is 0 Å². The van der Waals surface area contributed by atoms with Crippen LogP contribution in [0.2, 0.25) is 0 Å². The lowest BCUT2D eigenvalue weighted by Gasteiger charge is -2.23. The van der Waals surface area contributed by atoms with Gasteiger partial charge >= 0.3 is 5.97 Å². The van der Waals surface area contributed by atoms with E-state index in [0.29, 0.717) is 12.1 Å². The number of carboxylic acid groups (broad SMARTS) is 1. The van der Waals surface area contributed by atoms with Gasteiger partial charge in [-0.25, -0.2) is 19.5 Å². The van der Waals surface area contributed by atoms with Gasteiger partial charge in [0.05, 0.1) is 5.69 Å². The molecule has 0 bridgehead atoms. The van der Waals surface area contributed by atoms with Crippen LogP contribution in [0, 0.1) is 19.3 Å². The molecule has 0 radical (unpaired) electrons. The van der Waals surface area contributed by atoms with Crippen molar-refractivity contribution in [3.8, 4) is 17.1 Å². The fourth-order valence-corrected chi connectivity index (χ4v) is 4.70. The zero-order valence-electron chi connectivity index (χ0n) is 20.9. The maximum absolute atomic E-state index is 13.0. The molecule has 192 valence electrons. The Morgan fingerprint density at radius 2 is 1.72 bits per heavy atom. The van der Waals surface area contributed by atoms with Crippen molar-refractivity contribution in [3.05, 3.63) is 59.3 Å². The van der Waals surface area contributed by atoms with Crippen LogP contribution in [-0.2, 0) is 10.0 Å². The van der Waals surface area contributed by atoms with E-state index < -0.39 is 26.7 Å². The van der Waals surface area contributed by atoms with Crippen LogP contribution < -0.4 is 15.2 Å². The van der Waals surface area contributed by atoms with Crippen molar-refractivity contribution in [2.24, 2.45) is 11.1 Å². The van der Waals surface area contributed by atoms with Crippen LogP contribution in [0.1, 0.15) is 48.8 Å².